The van der Waals surface area contributed by atoms with Crippen LogP contribution in [0.1, 0.15) is 13.3 Å². The first-order valence-electron chi connectivity index (χ1n) is 7.33. The molecule has 2 rings (SSSR count). The second-order valence-electron chi connectivity index (χ2n) is 5.03. The van der Waals surface area contributed by atoms with Crippen molar-refractivity contribution in [2.45, 2.75) is 13.3 Å². The molecule has 1 aromatic heterocycles. The molecule has 0 radical (unpaired) electrons. The van der Waals surface area contributed by atoms with E-state index in [4.69, 9.17) is 4.74 Å². The molecule has 2 heterocycles. The number of nitrogens with one attached hydrogen (secondary N) is 1. The van der Waals surface area contributed by atoms with Crippen LogP contribution < -0.4 is 15.0 Å². The summed E-state index contributed by atoms with van der Waals surface area (Å²) in [6.45, 7) is 6.63. The number of carbonyl (C=O) groups excluding carboxylic acids is 1. The molecule has 0 aromatic carbocycles. The van der Waals surface area contributed by atoms with Crippen molar-refractivity contribution in [3.8, 4) is 5.88 Å². The molecule has 0 saturated carbocycles. The van der Waals surface area contributed by atoms with E-state index in [0.717, 1.165) is 45.0 Å². The summed E-state index contributed by atoms with van der Waals surface area (Å²) in [6.07, 6.45) is 4.30. The highest BCUT2D eigenvalue weighted by Gasteiger charge is 2.20. The quantitative estimate of drug-likeness (QED) is 0.804. The van der Waals surface area contributed by atoms with Gasteiger partial charge < -0.3 is 15.0 Å². The van der Waals surface area contributed by atoms with E-state index in [9.17, 15) is 4.79 Å². The molecule has 0 atom stereocenters. The molecule has 0 aliphatic carbocycles. The van der Waals surface area contributed by atoms with E-state index in [1.165, 1.54) is 0 Å². The lowest BCUT2D eigenvalue weighted by Crippen LogP contribution is -2.49. The molecule has 7 heteroatoms. The highest BCUT2D eigenvalue weighted by molar-refractivity contribution is 5.78. The Kier molecular flexibility index (Phi) is 5.74. The zero-order chi connectivity index (χ0) is 15.1. The lowest BCUT2D eigenvalue weighted by molar-refractivity contribution is -0.122. The minimum absolute atomic E-state index is 0.103. The van der Waals surface area contributed by atoms with Gasteiger partial charge in [0.1, 0.15) is 0 Å². The summed E-state index contributed by atoms with van der Waals surface area (Å²) in [5.41, 5.74) is 0. The third kappa shape index (κ3) is 4.56. The molecule has 116 valence electrons. The Bertz CT molecular complexity index is 460. The maximum atomic E-state index is 11.7. The molecule has 1 saturated heterocycles. The van der Waals surface area contributed by atoms with Crippen molar-refractivity contribution in [1.82, 2.24) is 20.2 Å². The van der Waals surface area contributed by atoms with Crippen LogP contribution >= 0.6 is 0 Å². The summed E-state index contributed by atoms with van der Waals surface area (Å²) in [6, 6.07) is 0. The third-order valence-electron chi connectivity index (χ3n) is 3.44. The van der Waals surface area contributed by atoms with Crippen LogP contribution in [-0.4, -0.2) is 67.2 Å². The Morgan fingerprint density at radius 1 is 1.33 bits per heavy atom. The van der Waals surface area contributed by atoms with Crippen LogP contribution in [0.2, 0.25) is 0 Å². The van der Waals surface area contributed by atoms with Gasteiger partial charge in [0, 0.05) is 32.7 Å². The van der Waals surface area contributed by atoms with Crippen LogP contribution in [0.5, 0.6) is 5.88 Å². The van der Waals surface area contributed by atoms with Gasteiger partial charge in [-0.15, -0.1) is 0 Å². The van der Waals surface area contributed by atoms with E-state index in [1.54, 1.807) is 19.5 Å². The maximum Gasteiger partial charge on any atom is 0.234 e. The van der Waals surface area contributed by atoms with Gasteiger partial charge in [0.15, 0.2) is 5.82 Å². The standard InChI is InChI=1S/C14H23N5O2/c1-3-4-16-13(20)11-18-5-7-19(8-6-18)12-9-15-10-14(17-12)21-2/h9-10H,3-8,11H2,1-2H3,(H,16,20). The van der Waals surface area contributed by atoms with Crippen molar-refractivity contribution < 1.29 is 9.53 Å². The lowest BCUT2D eigenvalue weighted by Gasteiger charge is -2.34. The average molecular weight is 293 g/mol. The minimum Gasteiger partial charge on any atom is -0.480 e. The molecule has 0 bridgehead atoms. The molecule has 7 nitrogen and oxygen atoms in total. The lowest BCUT2D eigenvalue weighted by atomic mass is 10.3. The average Bonchev–Trinajstić information content (AvgIpc) is 2.53. The third-order valence-corrected chi connectivity index (χ3v) is 3.44. The zero-order valence-electron chi connectivity index (χ0n) is 12.7. The molecule has 1 fully saturated rings. The minimum atomic E-state index is 0.103. The largest absolute Gasteiger partial charge is 0.480 e. The van der Waals surface area contributed by atoms with Crippen molar-refractivity contribution in [3.63, 3.8) is 0 Å². The fourth-order valence-corrected chi connectivity index (χ4v) is 2.25. The van der Waals surface area contributed by atoms with Gasteiger partial charge in [0.25, 0.3) is 0 Å². The van der Waals surface area contributed by atoms with Gasteiger partial charge in [-0.25, -0.2) is 0 Å². The Balaban J connectivity index is 1.81. The van der Waals surface area contributed by atoms with Crippen molar-refractivity contribution in [3.05, 3.63) is 12.4 Å². The Labute approximate surface area is 125 Å². The van der Waals surface area contributed by atoms with Crippen LogP contribution in [0.3, 0.4) is 0 Å². The van der Waals surface area contributed by atoms with Crippen molar-refractivity contribution in [2.24, 2.45) is 0 Å². The van der Waals surface area contributed by atoms with Crippen LogP contribution in [0.15, 0.2) is 12.4 Å². The van der Waals surface area contributed by atoms with E-state index in [0.29, 0.717) is 12.4 Å². The van der Waals surface area contributed by atoms with Gasteiger partial charge in [-0.05, 0) is 6.42 Å². The molecule has 1 aliphatic rings. The number of nitrogens with zero attached hydrogens (tertiary/aromatic N) is 4. The van der Waals surface area contributed by atoms with Crippen molar-refractivity contribution >= 4 is 11.7 Å². The number of methoxy groups -OCH3 is 1. The molecular weight excluding hydrogens is 270 g/mol. The van der Waals surface area contributed by atoms with Crippen LogP contribution in [-0.2, 0) is 4.79 Å². The van der Waals surface area contributed by atoms with Gasteiger partial charge in [0.2, 0.25) is 11.8 Å². The smallest absolute Gasteiger partial charge is 0.234 e. The molecule has 0 unspecified atom stereocenters. The van der Waals surface area contributed by atoms with Gasteiger partial charge >= 0.3 is 0 Å². The van der Waals surface area contributed by atoms with E-state index in [1.807, 2.05) is 6.92 Å². The van der Waals surface area contributed by atoms with Crippen LogP contribution in [0.4, 0.5) is 5.82 Å². The molecule has 21 heavy (non-hydrogen) atoms. The van der Waals surface area contributed by atoms with E-state index in [2.05, 4.69) is 25.1 Å². The summed E-state index contributed by atoms with van der Waals surface area (Å²) in [5, 5.41) is 2.90. The van der Waals surface area contributed by atoms with Gasteiger partial charge in [-0.2, -0.15) is 4.98 Å². The van der Waals surface area contributed by atoms with E-state index < -0.39 is 0 Å². The van der Waals surface area contributed by atoms with Crippen molar-refractivity contribution in [1.29, 1.82) is 0 Å². The molecule has 1 amide bonds. The first-order chi connectivity index (χ1) is 10.2. The number of amides is 1. The van der Waals surface area contributed by atoms with Crippen LogP contribution in [0, 0.1) is 0 Å². The summed E-state index contributed by atoms with van der Waals surface area (Å²) >= 11 is 0. The highest BCUT2D eigenvalue weighted by Crippen LogP contribution is 2.15. The van der Waals surface area contributed by atoms with E-state index in [-0.39, 0.29) is 5.91 Å². The number of anilines is 1. The van der Waals surface area contributed by atoms with Crippen LogP contribution in [0.25, 0.3) is 0 Å². The van der Waals surface area contributed by atoms with Crippen molar-refractivity contribution in [2.75, 3.05) is 51.3 Å². The molecule has 0 spiro atoms. The fraction of sp³-hybridized carbons (Fsp3) is 0.643. The number of piperazine rings is 1. The Hall–Kier alpha value is -1.89. The maximum absolute atomic E-state index is 11.7. The SMILES string of the molecule is CCCNC(=O)CN1CCN(c2cncc(OC)n2)CC1. The summed E-state index contributed by atoms with van der Waals surface area (Å²) < 4.78 is 5.09. The van der Waals surface area contributed by atoms with E-state index >= 15 is 0 Å². The monoisotopic (exact) mass is 293 g/mol. The van der Waals surface area contributed by atoms with Gasteiger partial charge in [-0.1, -0.05) is 6.92 Å². The Morgan fingerprint density at radius 3 is 2.76 bits per heavy atom. The summed E-state index contributed by atoms with van der Waals surface area (Å²) in [7, 11) is 1.58. The number of ether oxygens (including phenoxy) is 1. The first kappa shape index (κ1) is 15.5. The van der Waals surface area contributed by atoms with Gasteiger partial charge in [-0.3, -0.25) is 14.7 Å². The second kappa shape index (κ2) is 7.78. The molecule has 1 N–H and O–H groups in total. The zero-order valence-corrected chi connectivity index (χ0v) is 12.7. The first-order valence-corrected chi connectivity index (χ1v) is 7.33. The fourth-order valence-electron chi connectivity index (χ4n) is 2.25. The molecular formula is C14H23N5O2. The number of rotatable bonds is 6. The van der Waals surface area contributed by atoms with Gasteiger partial charge in [0.05, 0.1) is 26.0 Å². The summed E-state index contributed by atoms with van der Waals surface area (Å²) in [5.74, 6) is 1.45. The Morgan fingerprint density at radius 2 is 2.10 bits per heavy atom. The predicted octanol–water partition coefficient (Wildman–Crippen LogP) is 0.133. The predicted molar refractivity (Wildman–Crippen MR) is 80.5 cm³/mol. The number of hydrogen-bond acceptors (Lipinski definition) is 6. The molecule has 1 aliphatic heterocycles. The highest BCUT2D eigenvalue weighted by atomic mass is 16.5. The topological polar surface area (TPSA) is 70.6 Å². The number of aromatic nitrogens is 2. The number of carbonyl (C=O) groups is 1. The molecule has 1 aromatic rings. The number of hydrogen-bond donors (Lipinski definition) is 1. The summed E-state index contributed by atoms with van der Waals surface area (Å²) in [4.78, 5) is 24.5. The normalized spacial score (nSPS) is 15.8. The second-order valence-corrected chi connectivity index (χ2v) is 5.03.